The smallest absolute Gasteiger partial charge is 0.339 e. The zero-order chi connectivity index (χ0) is 14.5. The topological polar surface area (TPSA) is 89.9 Å². The standard InChI is InChI=1S/C12H16O6S/c1-3-19(15,16)7-6-18-11-8-9(17-2)4-5-10(11)12(13)14/h4-5,8H,3,6-7H2,1-2H3,(H,13,14). The third kappa shape index (κ3) is 4.44. The van der Waals surface area contributed by atoms with Crippen molar-refractivity contribution in [1.82, 2.24) is 0 Å². The number of hydrogen-bond acceptors (Lipinski definition) is 5. The summed E-state index contributed by atoms with van der Waals surface area (Å²) in [5, 5.41) is 9.00. The van der Waals surface area contributed by atoms with Gasteiger partial charge in [0.05, 0.1) is 12.9 Å². The first-order valence-corrected chi connectivity index (χ1v) is 7.46. The lowest BCUT2D eigenvalue weighted by Crippen LogP contribution is -2.16. The van der Waals surface area contributed by atoms with Gasteiger partial charge in [0.1, 0.15) is 23.7 Å². The Hall–Kier alpha value is -1.76. The molecule has 0 spiro atoms. The van der Waals surface area contributed by atoms with E-state index in [1.165, 1.54) is 25.3 Å². The van der Waals surface area contributed by atoms with Crippen LogP contribution in [0.2, 0.25) is 0 Å². The molecule has 0 bridgehead atoms. The van der Waals surface area contributed by atoms with Gasteiger partial charge in [-0.1, -0.05) is 6.92 Å². The van der Waals surface area contributed by atoms with Crippen molar-refractivity contribution < 1.29 is 27.8 Å². The van der Waals surface area contributed by atoms with Crippen LogP contribution in [0.15, 0.2) is 18.2 Å². The molecule has 7 heteroatoms. The third-order valence-corrected chi connectivity index (χ3v) is 4.18. The second-order valence-corrected chi connectivity index (χ2v) is 6.22. The molecule has 0 saturated heterocycles. The lowest BCUT2D eigenvalue weighted by molar-refractivity contribution is 0.0692. The summed E-state index contributed by atoms with van der Waals surface area (Å²) in [7, 11) is -1.70. The van der Waals surface area contributed by atoms with Gasteiger partial charge in [0.2, 0.25) is 0 Å². The zero-order valence-electron chi connectivity index (χ0n) is 10.8. The molecule has 1 aromatic rings. The van der Waals surface area contributed by atoms with Crippen molar-refractivity contribution in [2.24, 2.45) is 0 Å². The van der Waals surface area contributed by atoms with Gasteiger partial charge in [-0.05, 0) is 12.1 Å². The Kier molecular flexibility index (Phi) is 5.17. The van der Waals surface area contributed by atoms with Crippen LogP contribution in [0, 0.1) is 0 Å². The van der Waals surface area contributed by atoms with E-state index in [1.54, 1.807) is 6.92 Å². The molecule has 0 fully saturated rings. The van der Waals surface area contributed by atoms with E-state index in [9.17, 15) is 13.2 Å². The Bertz CT molecular complexity index is 549. The molecule has 0 aliphatic carbocycles. The van der Waals surface area contributed by atoms with Crippen LogP contribution in [-0.2, 0) is 9.84 Å². The summed E-state index contributed by atoms with van der Waals surface area (Å²) < 4.78 is 32.8. The van der Waals surface area contributed by atoms with Gasteiger partial charge >= 0.3 is 5.97 Å². The van der Waals surface area contributed by atoms with Crippen LogP contribution in [0.4, 0.5) is 0 Å². The summed E-state index contributed by atoms with van der Waals surface area (Å²) in [4.78, 5) is 11.0. The van der Waals surface area contributed by atoms with Crippen LogP contribution in [0.5, 0.6) is 11.5 Å². The van der Waals surface area contributed by atoms with E-state index in [0.717, 1.165) is 0 Å². The predicted octanol–water partition coefficient (Wildman–Crippen LogP) is 1.21. The number of hydrogen-bond donors (Lipinski definition) is 1. The summed E-state index contributed by atoms with van der Waals surface area (Å²) in [5.74, 6) is -0.729. The van der Waals surface area contributed by atoms with E-state index >= 15 is 0 Å². The molecule has 6 nitrogen and oxygen atoms in total. The van der Waals surface area contributed by atoms with E-state index in [0.29, 0.717) is 5.75 Å². The first kappa shape index (κ1) is 15.3. The van der Waals surface area contributed by atoms with Gasteiger partial charge < -0.3 is 14.6 Å². The Labute approximate surface area is 111 Å². The molecule has 0 radical (unpaired) electrons. The molecular weight excluding hydrogens is 272 g/mol. The number of carbonyl (C=O) groups is 1. The van der Waals surface area contributed by atoms with Crippen LogP contribution in [0.25, 0.3) is 0 Å². The molecule has 1 rings (SSSR count). The Morgan fingerprint density at radius 3 is 2.58 bits per heavy atom. The number of aromatic carboxylic acids is 1. The van der Waals surface area contributed by atoms with E-state index < -0.39 is 15.8 Å². The Morgan fingerprint density at radius 2 is 2.05 bits per heavy atom. The van der Waals surface area contributed by atoms with Crippen LogP contribution >= 0.6 is 0 Å². The summed E-state index contributed by atoms with van der Waals surface area (Å²) in [5.41, 5.74) is -0.0327. The molecule has 106 valence electrons. The average molecular weight is 288 g/mol. The number of rotatable bonds is 7. The second-order valence-electron chi connectivity index (χ2n) is 3.75. The number of benzene rings is 1. The minimum atomic E-state index is -3.14. The Balaban J connectivity index is 2.84. The zero-order valence-corrected chi connectivity index (χ0v) is 11.6. The van der Waals surface area contributed by atoms with Crippen molar-refractivity contribution in [1.29, 1.82) is 0 Å². The predicted molar refractivity (Wildman–Crippen MR) is 69.8 cm³/mol. The quantitative estimate of drug-likeness (QED) is 0.811. The van der Waals surface area contributed by atoms with E-state index in [4.69, 9.17) is 14.6 Å². The lowest BCUT2D eigenvalue weighted by Gasteiger charge is -2.10. The number of sulfone groups is 1. The van der Waals surface area contributed by atoms with Gasteiger partial charge in [-0.2, -0.15) is 0 Å². The van der Waals surface area contributed by atoms with Crippen molar-refractivity contribution in [2.45, 2.75) is 6.92 Å². The molecule has 1 aromatic carbocycles. The highest BCUT2D eigenvalue weighted by Crippen LogP contribution is 2.24. The molecule has 0 aliphatic heterocycles. The van der Waals surface area contributed by atoms with Gasteiger partial charge in [0, 0.05) is 11.8 Å². The van der Waals surface area contributed by atoms with E-state index in [-0.39, 0.29) is 29.4 Å². The molecule has 0 amide bonds. The largest absolute Gasteiger partial charge is 0.497 e. The van der Waals surface area contributed by atoms with Crippen LogP contribution in [0.1, 0.15) is 17.3 Å². The SMILES string of the molecule is CCS(=O)(=O)CCOc1cc(OC)ccc1C(=O)O. The number of carboxylic acids is 1. The van der Waals surface area contributed by atoms with Gasteiger partial charge in [-0.25, -0.2) is 13.2 Å². The normalized spacial score (nSPS) is 11.1. The molecule has 0 heterocycles. The third-order valence-electron chi connectivity index (χ3n) is 2.51. The van der Waals surface area contributed by atoms with Gasteiger partial charge in [-0.15, -0.1) is 0 Å². The summed E-state index contributed by atoms with van der Waals surface area (Å²) in [6.07, 6.45) is 0. The van der Waals surface area contributed by atoms with Crippen LogP contribution in [0.3, 0.4) is 0 Å². The van der Waals surface area contributed by atoms with Gasteiger partial charge in [0.25, 0.3) is 0 Å². The van der Waals surface area contributed by atoms with Gasteiger partial charge in [0.15, 0.2) is 9.84 Å². The molecule has 0 saturated carbocycles. The second kappa shape index (κ2) is 6.42. The Morgan fingerprint density at radius 1 is 1.37 bits per heavy atom. The first-order valence-electron chi connectivity index (χ1n) is 5.64. The highest BCUT2D eigenvalue weighted by molar-refractivity contribution is 7.91. The van der Waals surface area contributed by atoms with Crippen molar-refractivity contribution in [3.8, 4) is 11.5 Å². The van der Waals surface area contributed by atoms with Crippen molar-refractivity contribution in [3.05, 3.63) is 23.8 Å². The minimum absolute atomic E-state index is 0.0280. The highest BCUT2D eigenvalue weighted by Gasteiger charge is 2.14. The maximum atomic E-state index is 11.3. The van der Waals surface area contributed by atoms with E-state index in [1.807, 2.05) is 0 Å². The summed E-state index contributed by atoms with van der Waals surface area (Å²) in [6.45, 7) is 1.45. The molecule has 0 aliphatic rings. The minimum Gasteiger partial charge on any atom is -0.497 e. The molecule has 0 unspecified atom stereocenters. The fraction of sp³-hybridized carbons (Fsp3) is 0.417. The number of ether oxygens (including phenoxy) is 2. The fourth-order valence-corrected chi connectivity index (χ4v) is 1.97. The molecule has 0 atom stereocenters. The monoisotopic (exact) mass is 288 g/mol. The van der Waals surface area contributed by atoms with E-state index in [2.05, 4.69) is 0 Å². The highest BCUT2D eigenvalue weighted by atomic mass is 32.2. The van der Waals surface area contributed by atoms with Gasteiger partial charge in [-0.3, -0.25) is 0 Å². The van der Waals surface area contributed by atoms with Crippen LogP contribution in [-0.4, -0.2) is 44.7 Å². The summed E-state index contributed by atoms with van der Waals surface area (Å²) in [6, 6.07) is 4.27. The van der Waals surface area contributed by atoms with Crippen LogP contribution < -0.4 is 9.47 Å². The van der Waals surface area contributed by atoms with Crippen molar-refractivity contribution in [2.75, 3.05) is 25.2 Å². The maximum Gasteiger partial charge on any atom is 0.339 e. The molecule has 0 aromatic heterocycles. The van der Waals surface area contributed by atoms with Crippen molar-refractivity contribution in [3.63, 3.8) is 0 Å². The number of methoxy groups -OCH3 is 1. The average Bonchev–Trinajstić information content (AvgIpc) is 2.38. The molecular formula is C12H16O6S. The fourth-order valence-electron chi connectivity index (χ4n) is 1.35. The molecule has 19 heavy (non-hydrogen) atoms. The first-order chi connectivity index (χ1) is 8.89. The summed E-state index contributed by atoms with van der Waals surface area (Å²) >= 11 is 0. The number of carboxylic acid groups (broad SMARTS) is 1. The molecule has 1 N–H and O–H groups in total. The lowest BCUT2D eigenvalue weighted by atomic mass is 10.2. The van der Waals surface area contributed by atoms with Crippen molar-refractivity contribution >= 4 is 15.8 Å². The maximum absolute atomic E-state index is 11.3.